The molecule has 1 saturated heterocycles. The van der Waals surface area contributed by atoms with Crippen LogP contribution in [0.25, 0.3) is 5.03 Å². The normalized spacial score (nSPS) is 24.5. The molecule has 3 nitrogen and oxygen atoms in total. The number of hydrogen-bond acceptors (Lipinski definition) is 2. The molecule has 2 N–H and O–H groups in total. The largest absolute Gasteiger partial charge is 0.371 e. The Labute approximate surface area is 149 Å². The van der Waals surface area contributed by atoms with Crippen molar-refractivity contribution in [1.29, 1.82) is 0 Å². The van der Waals surface area contributed by atoms with Crippen LogP contribution in [0.3, 0.4) is 0 Å². The van der Waals surface area contributed by atoms with E-state index in [1.165, 1.54) is 25.7 Å². The summed E-state index contributed by atoms with van der Waals surface area (Å²) in [5.74, 6) is -0.450. The molecule has 1 aromatic rings. The Balaban J connectivity index is 1.74. The van der Waals surface area contributed by atoms with Gasteiger partial charge in [0, 0.05) is 12.0 Å². The maximum Gasteiger partial charge on any atom is 0.246 e. The summed E-state index contributed by atoms with van der Waals surface area (Å²) in [4.78, 5) is 11.9. The van der Waals surface area contributed by atoms with Crippen molar-refractivity contribution in [2.45, 2.75) is 69.5 Å². The molecule has 24 heavy (non-hydrogen) atoms. The van der Waals surface area contributed by atoms with Crippen molar-refractivity contribution in [3.05, 3.63) is 41.5 Å². The Morgan fingerprint density at radius 2 is 1.79 bits per heavy atom. The SMILES string of the molecule is NC(=O)/C(CC1CCC2(CCCCCC2)O1)=C(/Cl)c1ccccc1. The number of carbonyl (C=O) groups is 1. The lowest BCUT2D eigenvalue weighted by Crippen LogP contribution is -2.29. The Kier molecular flexibility index (Phi) is 5.62. The number of ether oxygens (including phenoxy) is 1. The van der Waals surface area contributed by atoms with Crippen LogP contribution in [0.2, 0.25) is 0 Å². The molecule has 1 atom stereocenters. The van der Waals surface area contributed by atoms with Crippen LogP contribution in [0.4, 0.5) is 0 Å². The minimum absolute atomic E-state index is 0.0309. The molecule has 2 aliphatic rings. The molecule has 1 amide bonds. The van der Waals surface area contributed by atoms with Crippen LogP contribution >= 0.6 is 11.6 Å². The Morgan fingerprint density at radius 3 is 2.42 bits per heavy atom. The van der Waals surface area contributed by atoms with E-state index in [-0.39, 0.29) is 11.7 Å². The summed E-state index contributed by atoms with van der Waals surface area (Å²) in [6.45, 7) is 0. The Hall–Kier alpha value is -1.32. The second-order valence-corrected chi connectivity index (χ2v) is 7.48. The predicted molar refractivity (Wildman–Crippen MR) is 97.6 cm³/mol. The fraction of sp³-hybridized carbons (Fsp3) is 0.550. The first-order chi connectivity index (χ1) is 11.6. The molecule has 0 aromatic heterocycles. The lowest BCUT2D eigenvalue weighted by atomic mass is 9.91. The topological polar surface area (TPSA) is 52.3 Å². The van der Waals surface area contributed by atoms with Gasteiger partial charge in [-0.05, 0) is 31.2 Å². The standard InChI is InChI=1S/C20H26ClNO2/c21-18(15-8-4-3-5-9-15)17(19(22)23)14-16-10-13-20(24-16)11-6-1-2-7-12-20/h3-5,8-9,16H,1-2,6-7,10-14H2,(H2,22,23)/b18-17+. The molecule has 1 aliphatic carbocycles. The summed E-state index contributed by atoms with van der Waals surface area (Å²) in [5.41, 5.74) is 6.96. The van der Waals surface area contributed by atoms with Gasteiger partial charge in [0.15, 0.2) is 0 Å². The lowest BCUT2D eigenvalue weighted by Gasteiger charge is -2.28. The van der Waals surface area contributed by atoms with Crippen LogP contribution in [0.1, 0.15) is 63.4 Å². The molecule has 1 aromatic carbocycles. The van der Waals surface area contributed by atoms with Gasteiger partial charge >= 0.3 is 0 Å². The van der Waals surface area contributed by atoms with Crippen molar-refractivity contribution in [3.63, 3.8) is 0 Å². The Morgan fingerprint density at radius 1 is 1.12 bits per heavy atom. The zero-order valence-corrected chi connectivity index (χ0v) is 14.9. The maximum atomic E-state index is 11.9. The highest BCUT2D eigenvalue weighted by molar-refractivity contribution is 6.51. The van der Waals surface area contributed by atoms with Crippen molar-refractivity contribution in [2.75, 3.05) is 0 Å². The number of nitrogens with two attached hydrogens (primary N) is 1. The van der Waals surface area contributed by atoms with Gasteiger partial charge in [0.05, 0.1) is 16.7 Å². The zero-order valence-electron chi connectivity index (χ0n) is 14.1. The van der Waals surface area contributed by atoms with E-state index in [0.717, 1.165) is 31.2 Å². The van der Waals surface area contributed by atoms with E-state index in [9.17, 15) is 4.79 Å². The molecular formula is C20H26ClNO2. The van der Waals surface area contributed by atoms with Crippen LogP contribution in [0.5, 0.6) is 0 Å². The number of carbonyl (C=O) groups excluding carboxylic acids is 1. The van der Waals surface area contributed by atoms with Crippen molar-refractivity contribution in [3.8, 4) is 0 Å². The third-order valence-electron chi connectivity index (χ3n) is 5.37. The number of rotatable bonds is 4. The quantitative estimate of drug-likeness (QED) is 0.796. The van der Waals surface area contributed by atoms with Gasteiger partial charge in [-0.15, -0.1) is 0 Å². The van der Waals surface area contributed by atoms with Crippen LogP contribution in [-0.2, 0) is 9.53 Å². The first-order valence-corrected chi connectivity index (χ1v) is 9.39. The average Bonchev–Trinajstić information content (AvgIpc) is 2.83. The van der Waals surface area contributed by atoms with E-state index in [1.54, 1.807) is 0 Å². The monoisotopic (exact) mass is 347 g/mol. The summed E-state index contributed by atoms with van der Waals surface area (Å²) in [7, 11) is 0. The van der Waals surface area contributed by atoms with Crippen LogP contribution in [0.15, 0.2) is 35.9 Å². The third kappa shape index (κ3) is 4.01. The van der Waals surface area contributed by atoms with Crippen LogP contribution in [-0.4, -0.2) is 17.6 Å². The van der Waals surface area contributed by atoms with E-state index >= 15 is 0 Å². The zero-order chi connectivity index (χ0) is 17.0. The van der Waals surface area contributed by atoms with Crippen molar-refractivity contribution < 1.29 is 9.53 Å². The molecule has 2 fully saturated rings. The number of benzene rings is 1. The molecule has 0 radical (unpaired) electrons. The molecule has 4 heteroatoms. The summed E-state index contributed by atoms with van der Waals surface area (Å²) < 4.78 is 6.44. The number of hydrogen-bond donors (Lipinski definition) is 1. The van der Waals surface area contributed by atoms with Gasteiger partial charge in [0.1, 0.15) is 0 Å². The third-order valence-corrected chi connectivity index (χ3v) is 5.82. The van der Waals surface area contributed by atoms with Crippen LogP contribution < -0.4 is 5.73 Å². The smallest absolute Gasteiger partial charge is 0.246 e. The molecule has 1 heterocycles. The lowest BCUT2D eigenvalue weighted by molar-refractivity contribution is -0.115. The van der Waals surface area contributed by atoms with E-state index in [1.807, 2.05) is 30.3 Å². The highest BCUT2D eigenvalue weighted by Gasteiger charge is 2.40. The molecule has 1 spiro atoms. The Bertz CT molecular complexity index is 603. The van der Waals surface area contributed by atoms with Gasteiger partial charge in [-0.25, -0.2) is 0 Å². The minimum atomic E-state index is -0.450. The van der Waals surface area contributed by atoms with Gasteiger partial charge in [0.25, 0.3) is 0 Å². The molecule has 130 valence electrons. The fourth-order valence-electron chi connectivity index (χ4n) is 4.06. The fourth-order valence-corrected chi connectivity index (χ4v) is 4.36. The first-order valence-electron chi connectivity index (χ1n) is 9.01. The number of halogens is 1. The minimum Gasteiger partial charge on any atom is -0.371 e. The molecule has 1 unspecified atom stereocenters. The van der Waals surface area contributed by atoms with E-state index in [2.05, 4.69) is 0 Å². The first kappa shape index (κ1) is 17.5. The second-order valence-electron chi connectivity index (χ2n) is 7.10. The molecular weight excluding hydrogens is 322 g/mol. The van der Waals surface area contributed by atoms with Crippen molar-refractivity contribution in [1.82, 2.24) is 0 Å². The van der Waals surface area contributed by atoms with Crippen molar-refractivity contribution >= 4 is 22.5 Å². The predicted octanol–water partition coefficient (Wildman–Crippen LogP) is 4.78. The average molecular weight is 348 g/mol. The molecule has 3 rings (SSSR count). The molecule has 0 bridgehead atoms. The highest BCUT2D eigenvalue weighted by Crippen LogP contribution is 2.43. The summed E-state index contributed by atoms with van der Waals surface area (Å²) in [6.07, 6.45) is 10.0. The van der Waals surface area contributed by atoms with Crippen molar-refractivity contribution in [2.24, 2.45) is 5.73 Å². The molecule has 1 saturated carbocycles. The number of primary amides is 1. The highest BCUT2D eigenvalue weighted by atomic mass is 35.5. The van der Waals surface area contributed by atoms with E-state index < -0.39 is 5.91 Å². The summed E-state index contributed by atoms with van der Waals surface area (Å²) in [5, 5.41) is 0.452. The van der Waals surface area contributed by atoms with Gasteiger partial charge in [-0.1, -0.05) is 67.6 Å². The van der Waals surface area contributed by atoms with E-state index in [0.29, 0.717) is 17.0 Å². The summed E-state index contributed by atoms with van der Waals surface area (Å²) >= 11 is 6.47. The van der Waals surface area contributed by atoms with E-state index in [4.69, 9.17) is 22.1 Å². The second kappa shape index (κ2) is 7.71. The van der Waals surface area contributed by atoms with Gasteiger partial charge in [0.2, 0.25) is 5.91 Å². The van der Waals surface area contributed by atoms with Gasteiger partial charge < -0.3 is 10.5 Å². The van der Waals surface area contributed by atoms with Crippen LogP contribution in [0, 0.1) is 0 Å². The maximum absolute atomic E-state index is 11.9. The molecule has 1 aliphatic heterocycles. The van der Waals surface area contributed by atoms with Gasteiger partial charge in [-0.2, -0.15) is 0 Å². The summed E-state index contributed by atoms with van der Waals surface area (Å²) in [6, 6.07) is 9.53. The van der Waals surface area contributed by atoms with Gasteiger partial charge in [-0.3, -0.25) is 4.79 Å². The number of amides is 1.